The summed E-state index contributed by atoms with van der Waals surface area (Å²) in [6.07, 6.45) is -0.698. The topological polar surface area (TPSA) is 65.9 Å². The molecule has 0 bridgehead atoms. The lowest BCUT2D eigenvalue weighted by molar-refractivity contribution is -0.140. The molecular weight excluding hydrogens is 304 g/mol. The predicted molar refractivity (Wildman–Crippen MR) is 87.3 cm³/mol. The standard InChI is InChI=1S/C19H16N2O3/c1-23-18-15(17-16(24-17)12-7-3-2-4-8-12)21(19(18)22)14-10-6-5-9-13(14)11-20/h2-10,15-18H,1H3/t15-,16-,17+,18-/m0/s1. The van der Waals surface area contributed by atoms with Crippen molar-refractivity contribution in [3.8, 4) is 6.07 Å². The Morgan fingerprint density at radius 2 is 1.83 bits per heavy atom. The number of carbonyl (C=O) groups is 1. The van der Waals surface area contributed by atoms with Crippen LogP contribution in [0.2, 0.25) is 0 Å². The summed E-state index contributed by atoms with van der Waals surface area (Å²) in [5.41, 5.74) is 2.18. The van der Waals surface area contributed by atoms with E-state index in [0.717, 1.165) is 5.56 Å². The quantitative estimate of drug-likeness (QED) is 0.641. The number of amides is 1. The number of benzene rings is 2. The van der Waals surface area contributed by atoms with Crippen LogP contribution in [0.15, 0.2) is 54.6 Å². The second-order valence-electron chi connectivity index (χ2n) is 5.92. The zero-order chi connectivity index (χ0) is 16.7. The fourth-order valence-electron chi connectivity index (χ4n) is 3.39. The Hall–Kier alpha value is -2.68. The average molecular weight is 320 g/mol. The normalized spacial score (nSPS) is 28.2. The Labute approximate surface area is 140 Å². The number of ether oxygens (including phenoxy) is 2. The molecule has 0 radical (unpaired) electrons. The third-order valence-electron chi connectivity index (χ3n) is 4.62. The number of nitriles is 1. The van der Waals surface area contributed by atoms with Crippen LogP contribution >= 0.6 is 0 Å². The van der Waals surface area contributed by atoms with Crippen molar-refractivity contribution in [3.05, 3.63) is 65.7 Å². The van der Waals surface area contributed by atoms with Gasteiger partial charge in [0.1, 0.15) is 24.3 Å². The first-order valence-corrected chi connectivity index (χ1v) is 7.81. The Morgan fingerprint density at radius 3 is 2.54 bits per heavy atom. The van der Waals surface area contributed by atoms with Gasteiger partial charge in [0.25, 0.3) is 5.91 Å². The molecule has 5 heteroatoms. The van der Waals surface area contributed by atoms with Crippen LogP contribution in [0.25, 0.3) is 0 Å². The molecule has 4 rings (SSSR count). The number of epoxide rings is 1. The van der Waals surface area contributed by atoms with Crippen molar-refractivity contribution < 1.29 is 14.3 Å². The first kappa shape index (κ1) is 14.9. The Morgan fingerprint density at radius 1 is 1.12 bits per heavy atom. The van der Waals surface area contributed by atoms with Gasteiger partial charge in [0.2, 0.25) is 0 Å². The van der Waals surface area contributed by atoms with E-state index in [0.29, 0.717) is 11.3 Å². The molecule has 1 amide bonds. The summed E-state index contributed by atoms with van der Waals surface area (Å²) in [5.74, 6) is -0.132. The lowest BCUT2D eigenvalue weighted by Gasteiger charge is -2.45. The third kappa shape index (κ3) is 2.20. The van der Waals surface area contributed by atoms with Crippen LogP contribution in [-0.2, 0) is 14.3 Å². The zero-order valence-electron chi connectivity index (χ0n) is 13.1. The van der Waals surface area contributed by atoms with E-state index in [-0.39, 0.29) is 24.2 Å². The third-order valence-corrected chi connectivity index (χ3v) is 4.62. The van der Waals surface area contributed by atoms with Gasteiger partial charge in [-0.15, -0.1) is 0 Å². The second-order valence-corrected chi connectivity index (χ2v) is 5.92. The van der Waals surface area contributed by atoms with Crippen molar-refractivity contribution in [1.29, 1.82) is 5.26 Å². The molecule has 0 spiro atoms. The maximum Gasteiger partial charge on any atom is 0.258 e. The first-order valence-electron chi connectivity index (χ1n) is 7.81. The summed E-state index contributed by atoms with van der Waals surface area (Å²) in [7, 11) is 1.53. The SMILES string of the molecule is CO[C@@H]1C(=O)N(c2ccccc2C#N)[C@H]1[C@H]1O[C@H]1c1ccccc1. The van der Waals surface area contributed by atoms with Crippen molar-refractivity contribution in [3.63, 3.8) is 0 Å². The molecule has 2 heterocycles. The molecule has 2 aromatic rings. The summed E-state index contributed by atoms with van der Waals surface area (Å²) in [4.78, 5) is 14.1. The van der Waals surface area contributed by atoms with Crippen LogP contribution in [0.5, 0.6) is 0 Å². The number of hydrogen-bond donors (Lipinski definition) is 0. The summed E-state index contributed by atoms with van der Waals surface area (Å²) in [5, 5.41) is 9.32. The van der Waals surface area contributed by atoms with E-state index in [9.17, 15) is 10.1 Å². The van der Waals surface area contributed by atoms with Gasteiger partial charge < -0.3 is 9.47 Å². The van der Waals surface area contributed by atoms with Crippen molar-refractivity contribution >= 4 is 11.6 Å². The van der Waals surface area contributed by atoms with E-state index in [1.54, 1.807) is 23.1 Å². The summed E-state index contributed by atoms with van der Waals surface area (Å²) < 4.78 is 11.2. The van der Waals surface area contributed by atoms with Crippen LogP contribution < -0.4 is 4.90 Å². The fourth-order valence-corrected chi connectivity index (χ4v) is 3.39. The smallest absolute Gasteiger partial charge is 0.258 e. The molecule has 0 saturated carbocycles. The number of para-hydroxylation sites is 1. The van der Waals surface area contributed by atoms with Gasteiger partial charge >= 0.3 is 0 Å². The molecule has 0 N–H and O–H groups in total. The minimum absolute atomic E-state index is 0.0429. The molecule has 0 unspecified atom stereocenters. The minimum Gasteiger partial charge on any atom is -0.369 e. The van der Waals surface area contributed by atoms with Gasteiger partial charge in [0.15, 0.2) is 6.10 Å². The van der Waals surface area contributed by atoms with E-state index < -0.39 is 6.10 Å². The number of anilines is 1. The van der Waals surface area contributed by atoms with Crippen LogP contribution in [0.4, 0.5) is 5.69 Å². The molecule has 2 fully saturated rings. The largest absolute Gasteiger partial charge is 0.369 e. The maximum absolute atomic E-state index is 12.5. The fraction of sp³-hybridized carbons (Fsp3) is 0.263. The maximum atomic E-state index is 12.5. The van der Waals surface area contributed by atoms with Crippen LogP contribution in [0.3, 0.4) is 0 Å². The van der Waals surface area contributed by atoms with Crippen molar-refractivity contribution in [2.45, 2.75) is 24.4 Å². The van der Waals surface area contributed by atoms with Gasteiger partial charge in [-0.05, 0) is 17.7 Å². The summed E-state index contributed by atoms with van der Waals surface area (Å²) >= 11 is 0. The van der Waals surface area contributed by atoms with Crippen LogP contribution in [-0.4, -0.2) is 31.3 Å². The number of rotatable bonds is 4. The summed E-state index contributed by atoms with van der Waals surface area (Å²) in [6.45, 7) is 0. The number of carbonyl (C=O) groups excluding carboxylic acids is 1. The van der Waals surface area contributed by atoms with Crippen molar-refractivity contribution in [2.24, 2.45) is 0 Å². The highest BCUT2D eigenvalue weighted by Crippen LogP contribution is 2.48. The minimum atomic E-state index is -0.532. The highest BCUT2D eigenvalue weighted by Gasteiger charge is 2.61. The van der Waals surface area contributed by atoms with E-state index in [1.807, 2.05) is 36.4 Å². The molecule has 0 aliphatic carbocycles. The van der Waals surface area contributed by atoms with Gasteiger partial charge in [-0.2, -0.15) is 5.26 Å². The Bertz CT molecular complexity index is 815. The first-order chi connectivity index (χ1) is 11.8. The number of hydrogen-bond acceptors (Lipinski definition) is 4. The van der Waals surface area contributed by atoms with Crippen LogP contribution in [0.1, 0.15) is 17.2 Å². The molecule has 2 aromatic carbocycles. The molecule has 4 atom stereocenters. The van der Waals surface area contributed by atoms with Gasteiger partial charge in [0.05, 0.1) is 11.3 Å². The van der Waals surface area contributed by atoms with E-state index in [2.05, 4.69) is 6.07 Å². The van der Waals surface area contributed by atoms with Crippen LogP contribution in [0, 0.1) is 11.3 Å². The second kappa shape index (κ2) is 5.75. The molecule has 24 heavy (non-hydrogen) atoms. The van der Waals surface area contributed by atoms with Crippen molar-refractivity contribution in [2.75, 3.05) is 12.0 Å². The van der Waals surface area contributed by atoms with E-state index in [1.165, 1.54) is 7.11 Å². The summed E-state index contributed by atoms with van der Waals surface area (Å²) in [6, 6.07) is 19.0. The molecule has 2 aliphatic heterocycles. The number of β-lactam (4-membered cyclic amide) rings is 1. The monoisotopic (exact) mass is 320 g/mol. The molecule has 2 saturated heterocycles. The molecule has 0 aromatic heterocycles. The van der Waals surface area contributed by atoms with E-state index in [4.69, 9.17) is 9.47 Å². The Balaban J connectivity index is 1.64. The average Bonchev–Trinajstić information content (AvgIpc) is 3.41. The lowest BCUT2D eigenvalue weighted by Crippen LogP contribution is -2.68. The Kier molecular flexibility index (Phi) is 3.57. The zero-order valence-corrected chi connectivity index (χ0v) is 13.1. The van der Waals surface area contributed by atoms with Gasteiger partial charge in [-0.1, -0.05) is 42.5 Å². The predicted octanol–water partition coefficient (Wildman–Crippen LogP) is 2.43. The van der Waals surface area contributed by atoms with Gasteiger partial charge in [0, 0.05) is 7.11 Å². The highest BCUT2D eigenvalue weighted by atomic mass is 16.6. The van der Waals surface area contributed by atoms with E-state index >= 15 is 0 Å². The number of methoxy groups -OCH3 is 1. The number of nitrogens with zero attached hydrogens (tertiary/aromatic N) is 2. The van der Waals surface area contributed by atoms with Crippen molar-refractivity contribution in [1.82, 2.24) is 0 Å². The molecule has 2 aliphatic rings. The lowest BCUT2D eigenvalue weighted by atomic mass is 9.90. The highest BCUT2D eigenvalue weighted by molar-refractivity contribution is 6.06. The van der Waals surface area contributed by atoms with Gasteiger partial charge in [-0.25, -0.2) is 0 Å². The molecular formula is C19H16N2O3. The molecule has 5 nitrogen and oxygen atoms in total. The van der Waals surface area contributed by atoms with Gasteiger partial charge in [-0.3, -0.25) is 9.69 Å². The molecule has 120 valence electrons.